The lowest BCUT2D eigenvalue weighted by Gasteiger charge is -2.02. The Morgan fingerprint density at radius 2 is 2.16 bits per heavy atom. The summed E-state index contributed by atoms with van der Waals surface area (Å²) in [5, 5.41) is 12.2. The number of aromatic nitrogens is 1. The number of nitro benzene ring substituents is 1. The van der Waals surface area contributed by atoms with Gasteiger partial charge in [0.1, 0.15) is 10.8 Å². The summed E-state index contributed by atoms with van der Waals surface area (Å²) in [6.45, 7) is 1.68. The van der Waals surface area contributed by atoms with E-state index >= 15 is 0 Å². The lowest BCUT2D eigenvalue weighted by molar-refractivity contribution is -0.387. The fourth-order valence-corrected chi connectivity index (χ4v) is 2.45. The summed E-state index contributed by atoms with van der Waals surface area (Å²) in [4.78, 5) is 13.7. The number of benzene rings is 1. The minimum Gasteiger partial charge on any atom is -0.323 e. The number of nitrogens with two attached hydrogens (primary N) is 1. The van der Waals surface area contributed by atoms with Gasteiger partial charge >= 0.3 is 5.69 Å². The predicted molar refractivity (Wildman–Crippen MR) is 66.7 cm³/mol. The van der Waals surface area contributed by atoms with E-state index in [9.17, 15) is 18.9 Å². The molecule has 0 amide bonds. The molecule has 0 saturated carbocycles. The molecule has 1 heterocycles. The van der Waals surface area contributed by atoms with E-state index in [1.807, 2.05) is 0 Å². The standard InChI is InChI=1S/C11H9F2N3O2S/c1-5(14)7-4-19-11(15-7)9-6(12)2-3-8(10(9)13)16(17)18/h2-5H,14H2,1H3. The second kappa shape index (κ2) is 4.98. The van der Waals surface area contributed by atoms with Gasteiger partial charge in [-0.3, -0.25) is 10.1 Å². The average Bonchev–Trinajstić information content (AvgIpc) is 2.78. The maximum Gasteiger partial charge on any atom is 0.305 e. The third kappa shape index (κ3) is 2.45. The predicted octanol–water partition coefficient (Wildman–Crippen LogP) is 3.02. The van der Waals surface area contributed by atoms with Crippen molar-refractivity contribution in [2.75, 3.05) is 0 Å². The summed E-state index contributed by atoms with van der Waals surface area (Å²) in [6.07, 6.45) is 0. The Labute approximate surface area is 110 Å². The van der Waals surface area contributed by atoms with Gasteiger partial charge in [-0.15, -0.1) is 11.3 Å². The smallest absolute Gasteiger partial charge is 0.305 e. The number of rotatable bonds is 3. The second-order valence-electron chi connectivity index (χ2n) is 3.88. The molecule has 5 nitrogen and oxygen atoms in total. The summed E-state index contributed by atoms with van der Waals surface area (Å²) in [5.74, 6) is -2.12. The van der Waals surface area contributed by atoms with Gasteiger partial charge in [-0.05, 0) is 13.0 Å². The van der Waals surface area contributed by atoms with Gasteiger partial charge in [0.25, 0.3) is 0 Å². The van der Waals surface area contributed by atoms with Gasteiger partial charge in [-0.2, -0.15) is 4.39 Å². The van der Waals surface area contributed by atoms with Crippen LogP contribution in [0.4, 0.5) is 14.5 Å². The molecule has 0 bridgehead atoms. The molecule has 2 aromatic rings. The summed E-state index contributed by atoms with van der Waals surface area (Å²) in [6, 6.07) is 1.26. The molecule has 8 heteroatoms. The van der Waals surface area contributed by atoms with Crippen LogP contribution in [0.25, 0.3) is 10.6 Å². The molecule has 0 fully saturated rings. The van der Waals surface area contributed by atoms with Crippen molar-refractivity contribution in [1.29, 1.82) is 0 Å². The van der Waals surface area contributed by atoms with Crippen molar-refractivity contribution in [1.82, 2.24) is 4.98 Å². The van der Waals surface area contributed by atoms with Crippen LogP contribution in [-0.2, 0) is 0 Å². The molecule has 0 spiro atoms. The van der Waals surface area contributed by atoms with Crippen LogP contribution in [0, 0.1) is 21.7 Å². The molecule has 1 aromatic heterocycles. The number of thiazole rings is 1. The Morgan fingerprint density at radius 1 is 1.47 bits per heavy atom. The van der Waals surface area contributed by atoms with Gasteiger partial charge in [-0.1, -0.05) is 0 Å². The molecule has 100 valence electrons. The zero-order chi connectivity index (χ0) is 14.2. The fraction of sp³-hybridized carbons (Fsp3) is 0.182. The average molecular weight is 285 g/mol. The molecule has 0 aliphatic heterocycles. The van der Waals surface area contributed by atoms with Gasteiger partial charge in [-0.25, -0.2) is 9.37 Å². The zero-order valence-electron chi connectivity index (χ0n) is 9.76. The highest BCUT2D eigenvalue weighted by Crippen LogP contribution is 2.34. The summed E-state index contributed by atoms with van der Waals surface area (Å²) < 4.78 is 27.6. The van der Waals surface area contributed by atoms with Crippen LogP contribution in [0.1, 0.15) is 18.7 Å². The summed E-state index contributed by atoms with van der Waals surface area (Å²) in [5.41, 5.74) is 4.81. The van der Waals surface area contributed by atoms with E-state index in [1.165, 1.54) is 0 Å². The summed E-state index contributed by atoms with van der Waals surface area (Å²) in [7, 11) is 0. The van der Waals surface area contributed by atoms with Crippen LogP contribution in [0.2, 0.25) is 0 Å². The normalized spacial score (nSPS) is 12.4. The second-order valence-corrected chi connectivity index (χ2v) is 4.74. The first-order valence-corrected chi connectivity index (χ1v) is 6.13. The van der Waals surface area contributed by atoms with Crippen molar-refractivity contribution in [2.45, 2.75) is 13.0 Å². The monoisotopic (exact) mass is 285 g/mol. The molecule has 19 heavy (non-hydrogen) atoms. The molecule has 2 N–H and O–H groups in total. The Balaban J connectivity index is 2.60. The number of hydrogen-bond donors (Lipinski definition) is 1. The van der Waals surface area contributed by atoms with Crippen LogP contribution in [-0.4, -0.2) is 9.91 Å². The van der Waals surface area contributed by atoms with E-state index in [2.05, 4.69) is 4.98 Å². The summed E-state index contributed by atoms with van der Waals surface area (Å²) >= 11 is 0.986. The first-order valence-electron chi connectivity index (χ1n) is 5.25. The minimum absolute atomic E-state index is 0.0333. The van der Waals surface area contributed by atoms with Gasteiger partial charge in [0.15, 0.2) is 0 Å². The van der Waals surface area contributed by atoms with Crippen LogP contribution < -0.4 is 5.73 Å². The number of halogens is 2. The molecule has 2 rings (SSSR count). The maximum atomic E-state index is 13.9. The zero-order valence-corrected chi connectivity index (χ0v) is 10.6. The van der Waals surface area contributed by atoms with Crippen LogP contribution in [0.5, 0.6) is 0 Å². The van der Waals surface area contributed by atoms with E-state index in [0.717, 1.165) is 23.5 Å². The van der Waals surface area contributed by atoms with Crippen molar-refractivity contribution in [3.8, 4) is 10.6 Å². The third-order valence-electron chi connectivity index (χ3n) is 2.47. The van der Waals surface area contributed by atoms with Crippen molar-refractivity contribution in [3.05, 3.63) is 45.0 Å². The highest BCUT2D eigenvalue weighted by atomic mass is 32.1. The van der Waals surface area contributed by atoms with E-state index < -0.39 is 27.8 Å². The largest absolute Gasteiger partial charge is 0.323 e. The van der Waals surface area contributed by atoms with Crippen molar-refractivity contribution < 1.29 is 13.7 Å². The van der Waals surface area contributed by atoms with Crippen molar-refractivity contribution in [3.63, 3.8) is 0 Å². The molecule has 1 unspecified atom stereocenters. The van der Waals surface area contributed by atoms with E-state index in [0.29, 0.717) is 5.69 Å². The van der Waals surface area contributed by atoms with Gasteiger partial charge in [0, 0.05) is 17.5 Å². The Morgan fingerprint density at radius 3 is 2.68 bits per heavy atom. The van der Waals surface area contributed by atoms with Gasteiger partial charge in [0.05, 0.1) is 16.2 Å². The topological polar surface area (TPSA) is 82.0 Å². The van der Waals surface area contributed by atoms with E-state index in [4.69, 9.17) is 5.73 Å². The van der Waals surface area contributed by atoms with Crippen LogP contribution in [0.3, 0.4) is 0 Å². The third-order valence-corrected chi connectivity index (χ3v) is 3.35. The molecule has 1 aromatic carbocycles. The van der Waals surface area contributed by atoms with Crippen molar-refractivity contribution in [2.24, 2.45) is 5.73 Å². The van der Waals surface area contributed by atoms with Crippen LogP contribution >= 0.6 is 11.3 Å². The lowest BCUT2D eigenvalue weighted by Crippen LogP contribution is -2.05. The van der Waals surface area contributed by atoms with Crippen molar-refractivity contribution >= 4 is 17.0 Å². The number of nitrogens with zero attached hydrogens (tertiary/aromatic N) is 2. The highest BCUT2D eigenvalue weighted by molar-refractivity contribution is 7.13. The Kier molecular flexibility index (Phi) is 3.54. The Bertz CT molecular complexity index is 643. The number of nitro groups is 1. The number of hydrogen-bond acceptors (Lipinski definition) is 5. The SMILES string of the molecule is CC(N)c1csc(-c2c(F)ccc([N+](=O)[O-])c2F)n1. The van der Waals surface area contributed by atoms with E-state index in [-0.39, 0.29) is 11.0 Å². The fourth-order valence-electron chi connectivity index (χ4n) is 1.49. The highest BCUT2D eigenvalue weighted by Gasteiger charge is 2.24. The molecule has 0 aliphatic rings. The molecular weight excluding hydrogens is 276 g/mol. The molecular formula is C11H9F2N3O2S. The molecule has 0 saturated heterocycles. The molecule has 0 radical (unpaired) electrons. The first-order chi connectivity index (χ1) is 8.91. The first kappa shape index (κ1) is 13.5. The van der Waals surface area contributed by atoms with Gasteiger partial charge < -0.3 is 5.73 Å². The van der Waals surface area contributed by atoms with Crippen LogP contribution in [0.15, 0.2) is 17.5 Å². The molecule has 0 aliphatic carbocycles. The minimum atomic E-state index is -1.23. The Hall–Kier alpha value is -1.93. The quantitative estimate of drug-likeness (QED) is 0.694. The molecule has 1 atom stereocenters. The maximum absolute atomic E-state index is 13.9. The van der Waals surface area contributed by atoms with E-state index in [1.54, 1.807) is 12.3 Å². The lowest BCUT2D eigenvalue weighted by atomic mass is 10.1. The van der Waals surface area contributed by atoms with Gasteiger partial charge in [0.2, 0.25) is 5.82 Å².